The van der Waals surface area contributed by atoms with Gasteiger partial charge in [-0.15, -0.1) is 0 Å². The molecule has 0 aromatic heterocycles. The molecule has 0 bridgehead atoms. The fourth-order valence-electron chi connectivity index (χ4n) is 0.735. The summed E-state index contributed by atoms with van der Waals surface area (Å²) in [6.07, 6.45) is -0.592. The lowest BCUT2D eigenvalue weighted by molar-refractivity contribution is -0.141. The number of nitrogens with zero attached hydrogens (tertiary/aromatic N) is 1. The molecule has 12 heavy (non-hydrogen) atoms. The van der Waals surface area contributed by atoms with Gasteiger partial charge in [0.1, 0.15) is 6.04 Å². The Morgan fingerprint density at radius 1 is 1.58 bits per heavy atom. The Balaban J connectivity index is 3.71. The molecule has 0 amide bonds. The van der Waals surface area contributed by atoms with Crippen molar-refractivity contribution < 1.29 is 15.0 Å². The normalized spacial score (nSPS) is 16.1. The van der Waals surface area contributed by atoms with Gasteiger partial charge in [0.05, 0.1) is 6.10 Å². The van der Waals surface area contributed by atoms with E-state index >= 15 is 0 Å². The fourth-order valence-corrected chi connectivity index (χ4v) is 0.735. The minimum Gasteiger partial charge on any atom is -0.480 e. The molecule has 0 aromatic carbocycles. The van der Waals surface area contributed by atoms with Crippen molar-refractivity contribution in [3.63, 3.8) is 0 Å². The largest absolute Gasteiger partial charge is 0.480 e. The van der Waals surface area contributed by atoms with Crippen LogP contribution in [0.3, 0.4) is 0 Å². The maximum absolute atomic E-state index is 10.3. The summed E-state index contributed by atoms with van der Waals surface area (Å²) in [5.74, 6) is -1.17. The summed E-state index contributed by atoms with van der Waals surface area (Å²) < 4.78 is 0. The molecule has 0 heterocycles. The number of carboxylic acids is 1. The van der Waals surface area contributed by atoms with E-state index < -0.39 is 18.1 Å². The van der Waals surface area contributed by atoms with Gasteiger partial charge in [-0.2, -0.15) is 0 Å². The summed E-state index contributed by atoms with van der Waals surface area (Å²) in [6.45, 7) is 0.627. The van der Waals surface area contributed by atoms with Crippen molar-refractivity contribution >= 4 is 5.97 Å². The quantitative estimate of drug-likeness (QED) is 0.485. The molecule has 0 aliphatic heterocycles. The Morgan fingerprint density at radius 3 is 2.42 bits per heavy atom. The minimum absolute atomic E-state index is 0.375. The molecule has 0 saturated heterocycles. The molecular formula is C7H16N2O3. The average molecular weight is 176 g/mol. The van der Waals surface area contributed by atoms with Gasteiger partial charge in [-0.25, -0.2) is 0 Å². The van der Waals surface area contributed by atoms with Crippen LogP contribution in [0.25, 0.3) is 0 Å². The van der Waals surface area contributed by atoms with Crippen molar-refractivity contribution in [3.05, 3.63) is 0 Å². The van der Waals surface area contributed by atoms with Gasteiger partial charge in [0.15, 0.2) is 0 Å². The number of hydrogen-bond donors (Lipinski definition) is 3. The van der Waals surface area contributed by atoms with E-state index in [1.807, 2.05) is 19.0 Å². The van der Waals surface area contributed by atoms with E-state index in [0.717, 1.165) is 0 Å². The number of aliphatic hydroxyl groups is 1. The highest BCUT2D eigenvalue weighted by Gasteiger charge is 2.21. The van der Waals surface area contributed by atoms with Crippen LogP contribution in [0.15, 0.2) is 0 Å². The van der Waals surface area contributed by atoms with Crippen LogP contribution >= 0.6 is 0 Å². The minimum atomic E-state index is -1.18. The lowest BCUT2D eigenvalue weighted by Gasteiger charge is -2.17. The standard InChI is InChI=1S/C7H16N2O3/c1-9(2)4-3-5(10)6(8)7(11)12/h5-6,10H,3-4,8H2,1-2H3,(H,11,12). The van der Waals surface area contributed by atoms with E-state index in [9.17, 15) is 9.90 Å². The molecule has 0 rings (SSSR count). The summed E-state index contributed by atoms with van der Waals surface area (Å²) in [7, 11) is 3.69. The first-order chi connectivity index (χ1) is 5.45. The summed E-state index contributed by atoms with van der Waals surface area (Å²) in [4.78, 5) is 12.1. The molecular weight excluding hydrogens is 160 g/mol. The van der Waals surface area contributed by atoms with Crippen molar-refractivity contribution in [2.24, 2.45) is 5.73 Å². The topological polar surface area (TPSA) is 86.8 Å². The predicted octanol–water partition coefficient (Wildman–Crippen LogP) is -1.29. The number of carbonyl (C=O) groups is 1. The second kappa shape index (κ2) is 5.08. The van der Waals surface area contributed by atoms with Crippen LogP contribution in [0.1, 0.15) is 6.42 Å². The van der Waals surface area contributed by atoms with Crippen LogP contribution in [0.5, 0.6) is 0 Å². The van der Waals surface area contributed by atoms with E-state index in [-0.39, 0.29) is 0 Å². The van der Waals surface area contributed by atoms with Gasteiger partial charge >= 0.3 is 5.97 Å². The molecule has 0 aliphatic rings. The highest BCUT2D eigenvalue weighted by molar-refractivity contribution is 5.73. The highest BCUT2D eigenvalue weighted by Crippen LogP contribution is 1.97. The Morgan fingerprint density at radius 2 is 2.08 bits per heavy atom. The molecule has 72 valence electrons. The van der Waals surface area contributed by atoms with Crippen molar-refractivity contribution in [3.8, 4) is 0 Å². The number of hydrogen-bond acceptors (Lipinski definition) is 4. The molecule has 0 spiro atoms. The summed E-state index contributed by atoms with van der Waals surface area (Å²) in [5, 5.41) is 17.6. The average Bonchev–Trinajstić information content (AvgIpc) is 1.98. The van der Waals surface area contributed by atoms with Gasteiger partial charge in [-0.05, 0) is 20.5 Å². The zero-order valence-electron chi connectivity index (χ0n) is 7.40. The lowest BCUT2D eigenvalue weighted by Crippen LogP contribution is -2.42. The molecule has 2 unspecified atom stereocenters. The highest BCUT2D eigenvalue weighted by atomic mass is 16.4. The first-order valence-electron chi connectivity index (χ1n) is 3.76. The van der Waals surface area contributed by atoms with Gasteiger partial charge in [-0.1, -0.05) is 0 Å². The Hall–Kier alpha value is -0.650. The SMILES string of the molecule is CN(C)CCC(O)C(N)C(=O)O. The summed E-state index contributed by atoms with van der Waals surface area (Å²) in [5.41, 5.74) is 5.18. The molecule has 0 radical (unpaired) electrons. The number of carboxylic acid groups (broad SMARTS) is 1. The third kappa shape index (κ3) is 4.27. The van der Waals surface area contributed by atoms with Gasteiger partial charge < -0.3 is 20.8 Å². The Kier molecular flexibility index (Phi) is 4.80. The van der Waals surface area contributed by atoms with Crippen LogP contribution in [-0.4, -0.2) is 53.9 Å². The lowest BCUT2D eigenvalue weighted by atomic mass is 10.1. The van der Waals surface area contributed by atoms with Crippen molar-refractivity contribution in [2.75, 3.05) is 20.6 Å². The number of rotatable bonds is 5. The molecule has 2 atom stereocenters. The predicted molar refractivity (Wildman–Crippen MR) is 44.8 cm³/mol. The zero-order chi connectivity index (χ0) is 9.72. The van der Waals surface area contributed by atoms with Crippen LogP contribution < -0.4 is 5.73 Å². The number of nitrogens with two attached hydrogens (primary N) is 1. The first-order valence-corrected chi connectivity index (χ1v) is 3.76. The molecule has 4 N–H and O–H groups in total. The number of aliphatic hydroxyl groups excluding tert-OH is 1. The molecule has 0 aromatic rings. The second-order valence-electron chi connectivity index (χ2n) is 3.02. The van der Waals surface area contributed by atoms with E-state index in [1.165, 1.54) is 0 Å². The smallest absolute Gasteiger partial charge is 0.323 e. The fraction of sp³-hybridized carbons (Fsp3) is 0.857. The molecule has 0 fully saturated rings. The van der Waals surface area contributed by atoms with Crippen LogP contribution in [0, 0.1) is 0 Å². The maximum Gasteiger partial charge on any atom is 0.323 e. The third-order valence-corrected chi connectivity index (χ3v) is 1.57. The van der Waals surface area contributed by atoms with Crippen molar-refractivity contribution in [1.29, 1.82) is 0 Å². The molecule has 5 heteroatoms. The third-order valence-electron chi connectivity index (χ3n) is 1.57. The van der Waals surface area contributed by atoms with Crippen LogP contribution in [-0.2, 0) is 4.79 Å². The zero-order valence-corrected chi connectivity index (χ0v) is 7.40. The molecule has 0 saturated carbocycles. The van der Waals surface area contributed by atoms with E-state index in [2.05, 4.69) is 0 Å². The Bertz CT molecular complexity index is 150. The molecule has 5 nitrogen and oxygen atoms in total. The maximum atomic E-state index is 10.3. The summed E-state index contributed by atoms with van der Waals surface area (Å²) in [6, 6.07) is -1.18. The Labute approximate surface area is 71.8 Å². The van der Waals surface area contributed by atoms with Gasteiger partial charge in [0, 0.05) is 6.54 Å². The van der Waals surface area contributed by atoms with E-state index in [1.54, 1.807) is 0 Å². The number of aliphatic carboxylic acids is 1. The monoisotopic (exact) mass is 176 g/mol. The van der Waals surface area contributed by atoms with Crippen molar-refractivity contribution in [1.82, 2.24) is 4.90 Å². The first kappa shape index (κ1) is 11.4. The summed E-state index contributed by atoms with van der Waals surface area (Å²) >= 11 is 0. The van der Waals surface area contributed by atoms with Crippen LogP contribution in [0.2, 0.25) is 0 Å². The molecule has 0 aliphatic carbocycles. The van der Waals surface area contributed by atoms with Gasteiger partial charge in [0.2, 0.25) is 0 Å². The van der Waals surface area contributed by atoms with Gasteiger partial charge in [0.25, 0.3) is 0 Å². The second-order valence-corrected chi connectivity index (χ2v) is 3.02. The van der Waals surface area contributed by atoms with E-state index in [4.69, 9.17) is 10.8 Å². The van der Waals surface area contributed by atoms with Crippen molar-refractivity contribution in [2.45, 2.75) is 18.6 Å². The van der Waals surface area contributed by atoms with Crippen LogP contribution in [0.4, 0.5) is 0 Å². The van der Waals surface area contributed by atoms with E-state index in [0.29, 0.717) is 13.0 Å². The van der Waals surface area contributed by atoms with Gasteiger partial charge in [-0.3, -0.25) is 4.79 Å².